The molecular formula is C20H19ClN4O. The maximum atomic E-state index is 12.6. The van der Waals surface area contributed by atoms with Crippen LogP contribution in [0.1, 0.15) is 22.4 Å². The number of nitrogens with zero attached hydrogens (tertiary/aromatic N) is 3. The zero-order valence-corrected chi connectivity index (χ0v) is 15.3. The van der Waals surface area contributed by atoms with Crippen molar-refractivity contribution in [2.45, 2.75) is 26.4 Å². The molecule has 1 aromatic carbocycles. The van der Waals surface area contributed by atoms with E-state index < -0.39 is 0 Å². The molecule has 6 heteroatoms. The van der Waals surface area contributed by atoms with Gasteiger partial charge in [0.1, 0.15) is 5.82 Å². The number of pyridine rings is 1. The number of fused-ring (bicyclic) bond motifs is 1. The van der Waals surface area contributed by atoms with E-state index in [0.29, 0.717) is 12.4 Å². The molecule has 5 nitrogen and oxygen atoms in total. The van der Waals surface area contributed by atoms with E-state index in [-0.39, 0.29) is 5.56 Å². The second-order valence-electron chi connectivity index (χ2n) is 6.57. The standard InChI is InChI=1S/C20H19ClN4O/c1-13-3-2-4-17(21)15(13)11-25-10-7-18-16(12-25)20(26)24-19(23-18)14-5-8-22-9-6-14/h2-6,8-9H,7,10-12H2,1H3,(H,23,24,26). The van der Waals surface area contributed by atoms with Crippen LogP contribution in [0.3, 0.4) is 0 Å². The number of halogens is 1. The topological polar surface area (TPSA) is 61.9 Å². The van der Waals surface area contributed by atoms with E-state index in [4.69, 9.17) is 11.6 Å². The van der Waals surface area contributed by atoms with E-state index in [9.17, 15) is 4.79 Å². The highest BCUT2D eigenvalue weighted by Gasteiger charge is 2.22. The first-order valence-corrected chi connectivity index (χ1v) is 8.98. The third kappa shape index (κ3) is 3.28. The van der Waals surface area contributed by atoms with Gasteiger partial charge >= 0.3 is 0 Å². The lowest BCUT2D eigenvalue weighted by molar-refractivity contribution is 0.241. The van der Waals surface area contributed by atoms with Crippen molar-refractivity contribution in [2.24, 2.45) is 0 Å². The number of aromatic amines is 1. The number of hydrogen-bond donors (Lipinski definition) is 1. The molecule has 3 aromatic rings. The van der Waals surface area contributed by atoms with Crippen LogP contribution in [0.15, 0.2) is 47.5 Å². The zero-order valence-electron chi connectivity index (χ0n) is 14.5. The van der Waals surface area contributed by atoms with Crippen LogP contribution in [-0.2, 0) is 19.5 Å². The van der Waals surface area contributed by atoms with Gasteiger partial charge in [-0.05, 0) is 36.2 Å². The molecule has 0 atom stereocenters. The van der Waals surface area contributed by atoms with E-state index in [1.54, 1.807) is 12.4 Å². The molecule has 1 N–H and O–H groups in total. The molecule has 0 unspecified atom stereocenters. The first-order valence-electron chi connectivity index (χ1n) is 8.60. The molecule has 0 saturated heterocycles. The van der Waals surface area contributed by atoms with Gasteiger partial charge in [0.15, 0.2) is 0 Å². The Hall–Kier alpha value is -2.50. The molecule has 3 heterocycles. The summed E-state index contributed by atoms with van der Waals surface area (Å²) in [5.41, 5.74) is 4.72. The fourth-order valence-electron chi connectivity index (χ4n) is 3.35. The second-order valence-corrected chi connectivity index (χ2v) is 6.98. The van der Waals surface area contributed by atoms with Crippen LogP contribution in [0.5, 0.6) is 0 Å². The molecule has 0 fully saturated rings. The molecule has 0 aliphatic carbocycles. The molecule has 0 radical (unpaired) electrons. The molecule has 1 aliphatic heterocycles. The number of H-pyrrole nitrogens is 1. The van der Waals surface area contributed by atoms with E-state index in [2.05, 4.69) is 32.8 Å². The van der Waals surface area contributed by atoms with Crippen LogP contribution >= 0.6 is 11.6 Å². The van der Waals surface area contributed by atoms with Gasteiger partial charge in [0.25, 0.3) is 5.56 Å². The summed E-state index contributed by atoms with van der Waals surface area (Å²) in [6.07, 6.45) is 4.14. The lowest BCUT2D eigenvalue weighted by atomic mass is 10.0. The molecule has 0 spiro atoms. The SMILES string of the molecule is Cc1cccc(Cl)c1CN1CCc2nc(-c3ccncc3)[nH]c(=O)c2C1. The summed E-state index contributed by atoms with van der Waals surface area (Å²) in [4.78, 5) is 26.5. The third-order valence-corrected chi connectivity index (χ3v) is 5.19. The number of benzene rings is 1. The Bertz CT molecular complexity index is 980. The number of aromatic nitrogens is 3. The van der Waals surface area contributed by atoms with Crippen molar-refractivity contribution >= 4 is 11.6 Å². The molecule has 132 valence electrons. The van der Waals surface area contributed by atoms with Crippen LogP contribution in [0.25, 0.3) is 11.4 Å². The minimum Gasteiger partial charge on any atom is -0.306 e. The van der Waals surface area contributed by atoms with Gasteiger partial charge in [-0.2, -0.15) is 0 Å². The summed E-state index contributed by atoms with van der Waals surface area (Å²) < 4.78 is 0. The predicted octanol–water partition coefficient (Wildman–Crippen LogP) is 3.35. The fraction of sp³-hybridized carbons (Fsp3) is 0.250. The predicted molar refractivity (Wildman–Crippen MR) is 102 cm³/mol. The van der Waals surface area contributed by atoms with Crippen molar-refractivity contribution in [3.05, 3.63) is 80.5 Å². The first-order chi connectivity index (χ1) is 12.6. The maximum Gasteiger partial charge on any atom is 0.255 e. The average Bonchev–Trinajstić information content (AvgIpc) is 2.66. The summed E-state index contributed by atoms with van der Waals surface area (Å²) in [6, 6.07) is 9.63. The van der Waals surface area contributed by atoms with Crippen molar-refractivity contribution in [1.82, 2.24) is 19.9 Å². The quantitative estimate of drug-likeness (QED) is 0.772. The highest BCUT2D eigenvalue weighted by Crippen LogP contribution is 2.24. The Balaban J connectivity index is 1.61. The maximum absolute atomic E-state index is 12.6. The molecule has 0 bridgehead atoms. The lowest BCUT2D eigenvalue weighted by Crippen LogP contribution is -2.35. The van der Waals surface area contributed by atoms with Crippen LogP contribution in [-0.4, -0.2) is 26.4 Å². The highest BCUT2D eigenvalue weighted by molar-refractivity contribution is 6.31. The van der Waals surface area contributed by atoms with Crippen LogP contribution in [0.4, 0.5) is 0 Å². The number of hydrogen-bond acceptors (Lipinski definition) is 4. The van der Waals surface area contributed by atoms with Gasteiger partial charge in [-0.3, -0.25) is 14.7 Å². The van der Waals surface area contributed by atoms with Crippen molar-refractivity contribution in [2.75, 3.05) is 6.54 Å². The normalized spacial score (nSPS) is 14.2. The van der Waals surface area contributed by atoms with Gasteiger partial charge in [-0.25, -0.2) is 4.98 Å². The average molecular weight is 367 g/mol. The van der Waals surface area contributed by atoms with Crippen molar-refractivity contribution in [3.8, 4) is 11.4 Å². The largest absolute Gasteiger partial charge is 0.306 e. The summed E-state index contributed by atoms with van der Waals surface area (Å²) in [5.74, 6) is 0.603. The highest BCUT2D eigenvalue weighted by atomic mass is 35.5. The fourth-order valence-corrected chi connectivity index (χ4v) is 3.63. The Morgan fingerprint density at radius 1 is 1.23 bits per heavy atom. The van der Waals surface area contributed by atoms with E-state index in [0.717, 1.165) is 46.9 Å². The minimum atomic E-state index is -0.0672. The summed E-state index contributed by atoms with van der Waals surface area (Å²) in [7, 11) is 0. The molecule has 4 rings (SSSR count). The van der Waals surface area contributed by atoms with E-state index in [1.807, 2.05) is 24.3 Å². The summed E-state index contributed by atoms with van der Waals surface area (Å²) in [5, 5.41) is 0.774. The van der Waals surface area contributed by atoms with Gasteiger partial charge < -0.3 is 4.98 Å². The van der Waals surface area contributed by atoms with Crippen molar-refractivity contribution in [3.63, 3.8) is 0 Å². The van der Waals surface area contributed by atoms with E-state index in [1.165, 1.54) is 5.56 Å². The smallest absolute Gasteiger partial charge is 0.255 e. The van der Waals surface area contributed by atoms with Crippen molar-refractivity contribution < 1.29 is 0 Å². The zero-order chi connectivity index (χ0) is 18.1. The number of rotatable bonds is 3. The molecule has 2 aromatic heterocycles. The van der Waals surface area contributed by atoms with Crippen LogP contribution in [0.2, 0.25) is 5.02 Å². The number of aryl methyl sites for hydroxylation is 1. The van der Waals surface area contributed by atoms with Gasteiger partial charge in [0.2, 0.25) is 0 Å². The van der Waals surface area contributed by atoms with Crippen molar-refractivity contribution in [1.29, 1.82) is 0 Å². The Morgan fingerprint density at radius 3 is 2.81 bits per heavy atom. The number of nitrogens with one attached hydrogen (secondary N) is 1. The monoisotopic (exact) mass is 366 g/mol. The van der Waals surface area contributed by atoms with Gasteiger partial charge in [0, 0.05) is 49.0 Å². The first kappa shape index (κ1) is 16.9. The van der Waals surface area contributed by atoms with Gasteiger partial charge in [-0.15, -0.1) is 0 Å². The molecular weight excluding hydrogens is 348 g/mol. The van der Waals surface area contributed by atoms with Gasteiger partial charge in [-0.1, -0.05) is 23.7 Å². The molecule has 26 heavy (non-hydrogen) atoms. The van der Waals surface area contributed by atoms with E-state index >= 15 is 0 Å². The molecule has 1 aliphatic rings. The third-order valence-electron chi connectivity index (χ3n) is 4.84. The van der Waals surface area contributed by atoms with Gasteiger partial charge in [0.05, 0.1) is 11.3 Å². The Morgan fingerprint density at radius 2 is 2.04 bits per heavy atom. The lowest BCUT2D eigenvalue weighted by Gasteiger charge is -2.28. The minimum absolute atomic E-state index is 0.0672. The van der Waals surface area contributed by atoms with Crippen LogP contribution < -0.4 is 5.56 Å². The molecule has 0 amide bonds. The second kappa shape index (κ2) is 7.02. The Kier molecular flexibility index (Phi) is 4.57. The Labute approximate surface area is 156 Å². The summed E-state index contributed by atoms with van der Waals surface area (Å²) in [6.45, 7) is 4.23. The summed E-state index contributed by atoms with van der Waals surface area (Å²) >= 11 is 6.36. The van der Waals surface area contributed by atoms with Crippen LogP contribution in [0, 0.1) is 6.92 Å². The molecule has 0 saturated carbocycles.